The summed E-state index contributed by atoms with van der Waals surface area (Å²) in [5, 5.41) is 29.8. The highest BCUT2D eigenvalue weighted by Gasteiger charge is 2.35. The molecule has 3 rings (SSSR count). The number of amides is 1. The number of benzene rings is 1. The molecule has 16 heteroatoms. The summed E-state index contributed by atoms with van der Waals surface area (Å²) in [7, 11) is -3.86. The lowest BCUT2D eigenvalue weighted by Crippen LogP contribution is -2.20. The highest BCUT2D eigenvalue weighted by Crippen LogP contribution is 2.29. The number of carbonyl (C=O) groups is 1. The lowest BCUT2D eigenvalue weighted by atomic mass is 10.3. The molecule has 0 fully saturated rings. The van der Waals surface area contributed by atoms with Crippen molar-refractivity contribution in [1.82, 2.24) is 14.8 Å². The third kappa shape index (κ3) is 4.81. The van der Waals surface area contributed by atoms with Gasteiger partial charge < -0.3 is 15.4 Å². The number of hydrogen-bond acceptors (Lipinski definition) is 10. The Morgan fingerprint density at radius 2 is 1.87 bits per heavy atom. The van der Waals surface area contributed by atoms with Gasteiger partial charge in [-0.1, -0.05) is 0 Å². The Balaban J connectivity index is 1.71. The highest BCUT2D eigenvalue weighted by molar-refractivity contribution is 7.93. The smallest absolute Gasteiger partial charge is 0.358 e. The van der Waals surface area contributed by atoms with Crippen LogP contribution in [-0.2, 0) is 21.4 Å². The number of anilines is 2. The van der Waals surface area contributed by atoms with E-state index in [2.05, 4.69) is 20.1 Å². The van der Waals surface area contributed by atoms with Crippen LogP contribution in [0.1, 0.15) is 5.69 Å². The number of nitro groups is 2. The van der Waals surface area contributed by atoms with Gasteiger partial charge in [-0.05, 0) is 36.1 Å². The minimum atomic E-state index is -3.86. The Bertz CT molecular complexity index is 1250. The number of nitrogens with one attached hydrogen (secondary N) is 2. The van der Waals surface area contributed by atoms with Gasteiger partial charge in [0, 0.05) is 17.3 Å². The topological polar surface area (TPSA) is 192 Å². The second kappa shape index (κ2) is 8.44. The molecule has 0 aliphatic rings. The van der Waals surface area contributed by atoms with Crippen molar-refractivity contribution in [2.75, 3.05) is 10.0 Å². The van der Waals surface area contributed by atoms with Gasteiger partial charge in [0.1, 0.15) is 12.2 Å². The first-order valence-corrected chi connectivity index (χ1v) is 10.6. The first-order valence-electron chi connectivity index (χ1n) is 8.27. The van der Waals surface area contributed by atoms with E-state index >= 15 is 0 Å². The standard InChI is InChI=1S/C15H13N7O7S2/c1-9-13(21(24)25)14(22(26)27)18-20(9)8-12(23)17-10-2-4-11(5-3-10)31(28,29)19-15-16-6-7-30-15/h2-7H,8H2,1H3,(H,16,19)(H,17,23). The molecule has 0 atom stereocenters. The van der Waals surface area contributed by atoms with Crippen molar-refractivity contribution in [2.24, 2.45) is 0 Å². The van der Waals surface area contributed by atoms with Gasteiger partial charge in [0.05, 0.1) is 14.9 Å². The summed E-state index contributed by atoms with van der Waals surface area (Å²) in [6.45, 7) is 0.715. The average Bonchev–Trinajstić information content (AvgIpc) is 3.30. The first-order chi connectivity index (χ1) is 14.6. The molecule has 0 unspecified atom stereocenters. The minimum Gasteiger partial charge on any atom is -0.358 e. The predicted molar refractivity (Wildman–Crippen MR) is 108 cm³/mol. The van der Waals surface area contributed by atoms with Gasteiger partial charge in [-0.3, -0.25) is 19.6 Å². The third-order valence-corrected chi connectivity index (χ3v) is 6.08. The Morgan fingerprint density at radius 1 is 1.19 bits per heavy atom. The van der Waals surface area contributed by atoms with E-state index in [-0.39, 0.29) is 21.4 Å². The average molecular weight is 467 g/mol. The summed E-state index contributed by atoms with van der Waals surface area (Å²) in [6.07, 6.45) is 1.45. The van der Waals surface area contributed by atoms with Crippen LogP contribution >= 0.6 is 11.3 Å². The number of aromatic nitrogens is 3. The molecule has 1 aromatic carbocycles. The van der Waals surface area contributed by atoms with Gasteiger partial charge in [-0.2, -0.15) is 4.68 Å². The second-order valence-electron chi connectivity index (χ2n) is 5.94. The molecule has 0 saturated carbocycles. The van der Waals surface area contributed by atoms with E-state index in [0.29, 0.717) is 0 Å². The lowest BCUT2D eigenvalue weighted by Gasteiger charge is -2.07. The SMILES string of the molecule is Cc1c([N+](=O)[O-])c([N+](=O)[O-])nn1CC(=O)Nc1ccc(S(=O)(=O)Nc2nccs2)cc1. The number of nitrogens with zero attached hydrogens (tertiary/aromatic N) is 5. The maximum absolute atomic E-state index is 12.3. The molecule has 0 spiro atoms. The number of sulfonamides is 1. The van der Waals surface area contributed by atoms with Crippen LogP contribution in [0.3, 0.4) is 0 Å². The monoisotopic (exact) mass is 467 g/mol. The molecule has 0 saturated heterocycles. The molecule has 3 aromatic rings. The third-order valence-electron chi connectivity index (χ3n) is 3.91. The fourth-order valence-electron chi connectivity index (χ4n) is 2.51. The number of thiazole rings is 1. The van der Waals surface area contributed by atoms with Crippen LogP contribution in [0, 0.1) is 27.2 Å². The van der Waals surface area contributed by atoms with E-state index in [1.807, 2.05) is 0 Å². The van der Waals surface area contributed by atoms with Crippen LogP contribution in [0.5, 0.6) is 0 Å². The van der Waals surface area contributed by atoms with Crippen molar-refractivity contribution in [3.8, 4) is 0 Å². The van der Waals surface area contributed by atoms with Crippen LogP contribution < -0.4 is 10.0 Å². The summed E-state index contributed by atoms with van der Waals surface area (Å²) in [4.78, 5) is 36.1. The molecule has 0 radical (unpaired) electrons. The molecule has 14 nitrogen and oxygen atoms in total. The summed E-state index contributed by atoms with van der Waals surface area (Å²) in [6, 6.07) is 5.21. The quantitative estimate of drug-likeness (QED) is 0.367. The van der Waals surface area contributed by atoms with Crippen molar-refractivity contribution in [3.63, 3.8) is 0 Å². The van der Waals surface area contributed by atoms with E-state index in [0.717, 1.165) is 16.0 Å². The van der Waals surface area contributed by atoms with Crippen LogP contribution in [0.4, 0.5) is 22.3 Å². The van der Waals surface area contributed by atoms with Crippen molar-refractivity contribution in [3.05, 3.63) is 61.8 Å². The summed E-state index contributed by atoms with van der Waals surface area (Å²) >= 11 is 1.11. The maximum Gasteiger partial charge on any atom is 0.468 e. The maximum atomic E-state index is 12.3. The van der Waals surface area contributed by atoms with Crippen molar-refractivity contribution in [1.29, 1.82) is 0 Å². The van der Waals surface area contributed by atoms with Gasteiger partial charge in [0.2, 0.25) is 5.91 Å². The summed E-state index contributed by atoms with van der Waals surface area (Å²) in [5.74, 6) is -1.63. The van der Waals surface area contributed by atoms with Gasteiger partial charge in [0.15, 0.2) is 5.13 Å². The molecular formula is C15H13N7O7S2. The molecular weight excluding hydrogens is 454 g/mol. The van der Waals surface area contributed by atoms with Gasteiger partial charge in [-0.25, -0.2) is 13.4 Å². The highest BCUT2D eigenvalue weighted by atomic mass is 32.2. The zero-order chi connectivity index (χ0) is 22.8. The Morgan fingerprint density at radius 3 is 2.39 bits per heavy atom. The molecule has 2 heterocycles. The zero-order valence-electron chi connectivity index (χ0n) is 15.6. The summed E-state index contributed by atoms with van der Waals surface area (Å²) in [5.41, 5.74) is -0.700. The van der Waals surface area contributed by atoms with E-state index in [1.54, 1.807) is 5.38 Å². The van der Waals surface area contributed by atoms with Crippen LogP contribution in [0.25, 0.3) is 0 Å². The van der Waals surface area contributed by atoms with Crippen molar-refractivity contribution in [2.45, 2.75) is 18.4 Å². The fourth-order valence-corrected chi connectivity index (χ4v) is 4.30. The Labute approximate surface area is 177 Å². The number of carbonyl (C=O) groups excluding carboxylic acids is 1. The summed E-state index contributed by atoms with van der Waals surface area (Å²) < 4.78 is 27.8. The second-order valence-corrected chi connectivity index (χ2v) is 8.52. The van der Waals surface area contributed by atoms with E-state index in [9.17, 15) is 33.4 Å². The first kappa shape index (κ1) is 21.8. The minimum absolute atomic E-state index is 0.0603. The molecule has 1 amide bonds. The zero-order valence-corrected chi connectivity index (χ0v) is 17.2. The number of hydrogen-bond donors (Lipinski definition) is 2. The number of rotatable bonds is 8. The molecule has 2 N–H and O–H groups in total. The Hall–Kier alpha value is -3.92. The van der Waals surface area contributed by atoms with Gasteiger partial charge in [-0.15, -0.1) is 11.3 Å². The van der Waals surface area contributed by atoms with Crippen molar-refractivity contribution >= 4 is 49.6 Å². The van der Waals surface area contributed by atoms with Crippen LogP contribution in [-0.4, -0.2) is 38.9 Å². The molecule has 31 heavy (non-hydrogen) atoms. The predicted octanol–water partition coefficient (Wildman–Crippen LogP) is 1.90. The van der Waals surface area contributed by atoms with Crippen LogP contribution in [0.2, 0.25) is 0 Å². The van der Waals surface area contributed by atoms with Crippen molar-refractivity contribution < 1.29 is 23.1 Å². The van der Waals surface area contributed by atoms with E-state index in [4.69, 9.17) is 0 Å². The lowest BCUT2D eigenvalue weighted by molar-refractivity contribution is -0.424. The molecule has 2 aromatic heterocycles. The van der Waals surface area contributed by atoms with Gasteiger partial charge >= 0.3 is 11.5 Å². The largest absolute Gasteiger partial charge is 0.468 e. The van der Waals surface area contributed by atoms with E-state index in [1.165, 1.54) is 37.4 Å². The molecule has 0 bridgehead atoms. The van der Waals surface area contributed by atoms with E-state index < -0.39 is 43.8 Å². The fraction of sp³-hybridized carbons (Fsp3) is 0.133. The normalized spacial score (nSPS) is 11.1. The van der Waals surface area contributed by atoms with Gasteiger partial charge in [0.25, 0.3) is 10.0 Å². The molecule has 0 aliphatic heterocycles. The van der Waals surface area contributed by atoms with Crippen LogP contribution in [0.15, 0.2) is 40.7 Å². The molecule has 0 aliphatic carbocycles. The molecule has 162 valence electrons. The Kier molecular flexibility index (Phi) is 5.93.